The number of carbonyl (C=O) groups is 1. The smallest absolute Gasteiger partial charge is 0.237 e. The van der Waals surface area contributed by atoms with E-state index in [4.69, 9.17) is 16.3 Å². The van der Waals surface area contributed by atoms with E-state index in [1.54, 1.807) is 49.8 Å². The number of nitrogens with one attached hydrogen (secondary N) is 2. The first-order chi connectivity index (χ1) is 15.6. The van der Waals surface area contributed by atoms with Gasteiger partial charge in [-0.2, -0.15) is 0 Å². The predicted molar refractivity (Wildman–Crippen MR) is 131 cm³/mol. The number of sulfonamides is 1. The molecule has 2 aromatic heterocycles. The average Bonchev–Trinajstić information content (AvgIpc) is 3.54. The lowest BCUT2D eigenvalue weighted by molar-refractivity contribution is -0.120. The number of aromatic nitrogens is 2. The number of amides is 1. The van der Waals surface area contributed by atoms with E-state index in [9.17, 15) is 13.2 Å². The molecule has 2 N–H and O–H groups in total. The van der Waals surface area contributed by atoms with Crippen molar-refractivity contribution >= 4 is 49.7 Å². The fraction of sp³-hybridized carbons (Fsp3) is 0.318. The van der Waals surface area contributed by atoms with Crippen molar-refractivity contribution < 1.29 is 17.9 Å². The van der Waals surface area contributed by atoms with Crippen LogP contribution in [0.25, 0.3) is 11.1 Å². The predicted octanol–water partition coefficient (Wildman–Crippen LogP) is 4.69. The zero-order valence-corrected chi connectivity index (χ0v) is 20.6. The second-order valence-corrected chi connectivity index (χ2v) is 11.5. The number of benzene rings is 1. The van der Waals surface area contributed by atoms with Crippen LogP contribution in [0.3, 0.4) is 0 Å². The van der Waals surface area contributed by atoms with Crippen molar-refractivity contribution in [3.63, 3.8) is 0 Å². The minimum absolute atomic E-state index is 0.259. The highest BCUT2D eigenvalue weighted by molar-refractivity contribution is 7.93. The van der Waals surface area contributed by atoms with E-state index in [-0.39, 0.29) is 16.3 Å². The molecular formula is C22H23ClN4O4S2. The Kier molecular flexibility index (Phi) is 6.35. The molecule has 1 amide bonds. The number of nitrogens with zero attached hydrogens (tertiary/aromatic N) is 2. The van der Waals surface area contributed by atoms with E-state index >= 15 is 0 Å². The van der Waals surface area contributed by atoms with Crippen molar-refractivity contribution in [1.82, 2.24) is 9.97 Å². The molecule has 0 unspecified atom stereocenters. The SMILES string of the molecule is COc1cc(-c2cncc(Cl)c2)ccc1NC(=O)C(C)(C)c1csc(NS(=O)(=O)C2CC2)n1. The van der Waals surface area contributed by atoms with Gasteiger partial charge < -0.3 is 10.1 Å². The molecule has 0 radical (unpaired) electrons. The van der Waals surface area contributed by atoms with Crippen LogP contribution in [0.1, 0.15) is 32.4 Å². The number of hydrogen-bond donors (Lipinski definition) is 2. The van der Waals surface area contributed by atoms with Gasteiger partial charge in [-0.1, -0.05) is 17.7 Å². The molecule has 33 heavy (non-hydrogen) atoms. The van der Waals surface area contributed by atoms with Gasteiger partial charge in [-0.3, -0.25) is 14.5 Å². The first-order valence-electron chi connectivity index (χ1n) is 10.2. The van der Waals surface area contributed by atoms with Crippen LogP contribution >= 0.6 is 22.9 Å². The molecule has 1 aliphatic carbocycles. The van der Waals surface area contributed by atoms with Gasteiger partial charge in [0.1, 0.15) is 5.75 Å². The van der Waals surface area contributed by atoms with Crippen molar-refractivity contribution in [2.45, 2.75) is 37.4 Å². The topological polar surface area (TPSA) is 110 Å². The van der Waals surface area contributed by atoms with E-state index < -0.39 is 15.4 Å². The minimum Gasteiger partial charge on any atom is -0.495 e. The number of ether oxygens (including phenoxy) is 1. The summed E-state index contributed by atoms with van der Waals surface area (Å²) < 4.78 is 32.3. The Morgan fingerprint density at radius 1 is 1.21 bits per heavy atom. The molecule has 0 atom stereocenters. The summed E-state index contributed by atoms with van der Waals surface area (Å²) in [7, 11) is -1.89. The molecular weight excluding hydrogens is 484 g/mol. The van der Waals surface area contributed by atoms with Crippen LogP contribution in [0, 0.1) is 0 Å². The average molecular weight is 507 g/mol. The van der Waals surface area contributed by atoms with Crippen molar-refractivity contribution in [3.05, 3.63) is 52.8 Å². The monoisotopic (exact) mass is 506 g/mol. The molecule has 1 fully saturated rings. The highest BCUT2D eigenvalue weighted by atomic mass is 35.5. The molecule has 1 aromatic carbocycles. The highest BCUT2D eigenvalue weighted by Crippen LogP contribution is 2.35. The Morgan fingerprint density at radius 3 is 2.64 bits per heavy atom. The molecule has 0 saturated heterocycles. The van der Waals surface area contributed by atoms with Crippen LogP contribution in [-0.2, 0) is 20.2 Å². The summed E-state index contributed by atoms with van der Waals surface area (Å²) in [6.45, 7) is 3.46. The Bertz CT molecular complexity index is 1300. The lowest BCUT2D eigenvalue weighted by atomic mass is 9.89. The number of methoxy groups -OCH3 is 1. The van der Waals surface area contributed by atoms with E-state index in [0.717, 1.165) is 22.5 Å². The lowest BCUT2D eigenvalue weighted by Crippen LogP contribution is -2.35. The molecule has 3 aromatic rings. The molecule has 0 bridgehead atoms. The largest absolute Gasteiger partial charge is 0.495 e. The summed E-state index contributed by atoms with van der Waals surface area (Å²) in [5.41, 5.74) is 1.62. The number of hydrogen-bond acceptors (Lipinski definition) is 7. The molecule has 1 aliphatic rings. The van der Waals surface area contributed by atoms with Gasteiger partial charge in [0.15, 0.2) is 5.13 Å². The van der Waals surface area contributed by atoms with E-state index in [0.29, 0.717) is 35.0 Å². The lowest BCUT2D eigenvalue weighted by Gasteiger charge is -2.22. The molecule has 0 spiro atoms. The zero-order chi connectivity index (χ0) is 23.8. The molecule has 174 valence electrons. The summed E-state index contributed by atoms with van der Waals surface area (Å²) in [4.78, 5) is 21.6. The van der Waals surface area contributed by atoms with Crippen LogP contribution in [0.4, 0.5) is 10.8 Å². The number of pyridine rings is 1. The zero-order valence-electron chi connectivity index (χ0n) is 18.3. The van der Waals surface area contributed by atoms with E-state index in [1.165, 1.54) is 7.11 Å². The molecule has 4 rings (SSSR count). The maximum absolute atomic E-state index is 13.1. The minimum atomic E-state index is -3.41. The Morgan fingerprint density at radius 2 is 1.97 bits per heavy atom. The van der Waals surface area contributed by atoms with Crippen molar-refractivity contribution in [2.24, 2.45) is 0 Å². The quantitative estimate of drug-likeness (QED) is 0.458. The third kappa shape index (κ3) is 5.13. The standard InChI is InChI=1S/C22H23ClN4O4S2/c1-22(2,19-12-32-21(26-19)27-33(29,30)16-5-6-16)20(28)25-17-7-4-13(9-18(17)31-3)14-8-15(23)11-24-10-14/h4,7-12,16H,5-6H2,1-3H3,(H,25,28)(H,26,27). The number of thiazole rings is 1. The van der Waals surface area contributed by atoms with Gasteiger partial charge >= 0.3 is 0 Å². The Balaban J connectivity index is 1.52. The molecule has 8 nitrogen and oxygen atoms in total. The second-order valence-electron chi connectivity index (χ2n) is 8.27. The summed E-state index contributed by atoms with van der Waals surface area (Å²) in [5.74, 6) is 0.174. The summed E-state index contributed by atoms with van der Waals surface area (Å²) in [6, 6.07) is 7.18. The summed E-state index contributed by atoms with van der Waals surface area (Å²) >= 11 is 7.20. The Labute approximate surface area is 201 Å². The number of rotatable bonds is 8. The first-order valence-corrected chi connectivity index (χ1v) is 13.0. The van der Waals surface area contributed by atoms with Crippen LogP contribution < -0.4 is 14.8 Å². The Hall–Kier alpha value is -2.69. The van der Waals surface area contributed by atoms with Gasteiger partial charge in [0.25, 0.3) is 0 Å². The van der Waals surface area contributed by atoms with Gasteiger partial charge in [-0.25, -0.2) is 13.4 Å². The number of anilines is 2. The third-order valence-corrected chi connectivity index (χ3v) is 8.31. The normalized spacial score (nSPS) is 14.1. The van der Waals surface area contributed by atoms with Crippen molar-refractivity contribution in [3.8, 4) is 16.9 Å². The third-order valence-electron chi connectivity index (χ3n) is 5.39. The van der Waals surface area contributed by atoms with Gasteiger partial charge in [-0.05, 0) is 50.5 Å². The summed E-state index contributed by atoms with van der Waals surface area (Å²) in [6.07, 6.45) is 4.57. The van der Waals surface area contributed by atoms with Crippen LogP contribution in [-0.4, -0.2) is 36.7 Å². The van der Waals surface area contributed by atoms with Gasteiger partial charge in [-0.15, -0.1) is 11.3 Å². The molecule has 1 saturated carbocycles. The molecule has 11 heteroatoms. The molecule has 2 heterocycles. The van der Waals surface area contributed by atoms with Crippen LogP contribution in [0.15, 0.2) is 42.0 Å². The van der Waals surface area contributed by atoms with E-state index in [2.05, 4.69) is 20.0 Å². The van der Waals surface area contributed by atoms with Gasteiger partial charge in [0.2, 0.25) is 15.9 Å². The van der Waals surface area contributed by atoms with Crippen LogP contribution in [0.2, 0.25) is 5.02 Å². The number of halogens is 1. The maximum atomic E-state index is 13.1. The fourth-order valence-electron chi connectivity index (χ4n) is 3.13. The van der Waals surface area contributed by atoms with Gasteiger partial charge in [0, 0.05) is 23.3 Å². The van der Waals surface area contributed by atoms with Crippen molar-refractivity contribution in [1.29, 1.82) is 0 Å². The maximum Gasteiger partial charge on any atom is 0.237 e. The van der Waals surface area contributed by atoms with Crippen LogP contribution in [0.5, 0.6) is 5.75 Å². The second kappa shape index (κ2) is 8.92. The molecule has 0 aliphatic heterocycles. The summed E-state index contributed by atoms with van der Waals surface area (Å²) in [5, 5.41) is 5.02. The first kappa shape index (κ1) is 23.5. The highest BCUT2D eigenvalue weighted by Gasteiger charge is 2.37. The van der Waals surface area contributed by atoms with E-state index in [1.807, 2.05) is 6.07 Å². The fourth-order valence-corrected chi connectivity index (χ4v) is 5.78. The number of carbonyl (C=O) groups excluding carboxylic acids is 1. The van der Waals surface area contributed by atoms with Crippen molar-refractivity contribution in [2.75, 3.05) is 17.1 Å². The van der Waals surface area contributed by atoms with Gasteiger partial charge in [0.05, 0.1) is 34.2 Å².